The van der Waals surface area contributed by atoms with Gasteiger partial charge in [-0.3, -0.25) is 4.57 Å². The number of hydrogen-bond donors (Lipinski definition) is 0. The molecule has 3 rings (SSSR count). The molecule has 3 aromatic rings. The molecule has 0 amide bonds. The van der Waals surface area contributed by atoms with Gasteiger partial charge in [-0.1, -0.05) is 23.4 Å². The van der Waals surface area contributed by atoms with Crippen LogP contribution in [-0.4, -0.2) is 27.6 Å². The summed E-state index contributed by atoms with van der Waals surface area (Å²) in [6.45, 7) is 0. The van der Waals surface area contributed by atoms with Gasteiger partial charge in [0.2, 0.25) is 0 Å². The van der Waals surface area contributed by atoms with E-state index >= 15 is 0 Å². The number of aromatic nitrogens is 3. The number of methoxy groups -OCH3 is 1. The van der Waals surface area contributed by atoms with Crippen LogP contribution in [0.15, 0.2) is 53.7 Å². The first kappa shape index (κ1) is 19.3. The van der Waals surface area contributed by atoms with Gasteiger partial charge in [0.15, 0.2) is 11.0 Å². The molecule has 7 heteroatoms. The second kappa shape index (κ2) is 9.45. The third-order valence-corrected chi connectivity index (χ3v) is 5.25. The summed E-state index contributed by atoms with van der Waals surface area (Å²) in [7, 11) is 1.65. The van der Waals surface area contributed by atoms with Crippen molar-refractivity contribution in [3.8, 4) is 28.9 Å². The van der Waals surface area contributed by atoms with Crippen molar-refractivity contribution in [2.24, 2.45) is 0 Å². The van der Waals surface area contributed by atoms with Crippen molar-refractivity contribution < 1.29 is 4.74 Å². The number of rotatable bonds is 8. The first-order valence-corrected chi connectivity index (χ1v) is 9.95. The molecule has 0 saturated carbocycles. The average Bonchev–Trinajstić information content (AvgIpc) is 3.12. The number of halogens is 1. The van der Waals surface area contributed by atoms with E-state index in [9.17, 15) is 0 Å². The van der Waals surface area contributed by atoms with Crippen LogP contribution in [0.3, 0.4) is 0 Å². The van der Waals surface area contributed by atoms with Crippen LogP contribution >= 0.6 is 23.4 Å². The van der Waals surface area contributed by atoms with E-state index < -0.39 is 0 Å². The van der Waals surface area contributed by atoms with E-state index in [1.54, 1.807) is 18.9 Å². The molecule has 0 unspecified atom stereocenters. The minimum atomic E-state index is 0.585. The molecule has 138 valence electrons. The van der Waals surface area contributed by atoms with E-state index in [1.165, 1.54) is 0 Å². The maximum Gasteiger partial charge on any atom is 0.196 e. The summed E-state index contributed by atoms with van der Waals surface area (Å²) in [5, 5.41) is 19.0. The quantitative estimate of drug-likeness (QED) is 0.376. The highest BCUT2D eigenvalue weighted by Gasteiger charge is 2.16. The van der Waals surface area contributed by atoms with Gasteiger partial charge in [0.05, 0.1) is 13.2 Å². The summed E-state index contributed by atoms with van der Waals surface area (Å²) in [5.41, 5.74) is 1.91. The van der Waals surface area contributed by atoms with Crippen molar-refractivity contribution in [2.75, 3.05) is 12.9 Å². The van der Waals surface area contributed by atoms with Crippen molar-refractivity contribution in [2.45, 2.75) is 24.4 Å². The molecule has 1 aromatic heterocycles. The van der Waals surface area contributed by atoms with Crippen LogP contribution in [0.25, 0.3) is 17.1 Å². The zero-order valence-electron chi connectivity index (χ0n) is 14.9. The van der Waals surface area contributed by atoms with E-state index in [4.69, 9.17) is 21.6 Å². The molecule has 0 spiro atoms. The molecule has 1 heterocycles. The van der Waals surface area contributed by atoms with Crippen molar-refractivity contribution in [1.82, 2.24) is 14.8 Å². The molecule has 27 heavy (non-hydrogen) atoms. The minimum absolute atomic E-state index is 0.585. The SMILES string of the molecule is COc1ccc(-c2nnc(SCCCCC#N)n2-c2ccc(Cl)cc2)cc1. The van der Waals surface area contributed by atoms with Crippen LogP contribution in [0.2, 0.25) is 5.02 Å². The number of nitriles is 1. The highest BCUT2D eigenvalue weighted by Crippen LogP contribution is 2.30. The van der Waals surface area contributed by atoms with Gasteiger partial charge in [0.25, 0.3) is 0 Å². The van der Waals surface area contributed by atoms with Gasteiger partial charge in [-0.15, -0.1) is 10.2 Å². The maximum atomic E-state index is 8.66. The molecule has 0 saturated heterocycles. The van der Waals surface area contributed by atoms with E-state index in [2.05, 4.69) is 16.3 Å². The Labute approximate surface area is 167 Å². The number of benzene rings is 2. The Hall–Kier alpha value is -2.49. The summed E-state index contributed by atoms with van der Waals surface area (Å²) in [4.78, 5) is 0. The number of thioether (sulfide) groups is 1. The van der Waals surface area contributed by atoms with Crippen LogP contribution in [-0.2, 0) is 0 Å². The second-order valence-corrected chi connectivity index (χ2v) is 7.31. The van der Waals surface area contributed by atoms with Crippen molar-refractivity contribution in [1.29, 1.82) is 5.26 Å². The zero-order valence-corrected chi connectivity index (χ0v) is 16.5. The summed E-state index contributed by atoms with van der Waals surface area (Å²) in [6, 6.07) is 17.6. The Morgan fingerprint density at radius 3 is 2.48 bits per heavy atom. The fourth-order valence-corrected chi connectivity index (χ4v) is 3.66. The lowest BCUT2D eigenvalue weighted by molar-refractivity contribution is 0.415. The van der Waals surface area contributed by atoms with Gasteiger partial charge >= 0.3 is 0 Å². The molecule has 0 bridgehead atoms. The highest BCUT2D eigenvalue weighted by molar-refractivity contribution is 7.99. The lowest BCUT2D eigenvalue weighted by atomic mass is 10.2. The Kier molecular flexibility index (Phi) is 6.74. The van der Waals surface area contributed by atoms with Gasteiger partial charge in [0, 0.05) is 28.4 Å². The van der Waals surface area contributed by atoms with Gasteiger partial charge < -0.3 is 4.74 Å². The number of ether oxygens (including phenoxy) is 1. The molecular formula is C20H19ClN4OS. The molecule has 0 aliphatic carbocycles. The Balaban J connectivity index is 1.92. The standard InChI is InChI=1S/C20H19ClN4OS/c1-26-18-11-5-15(6-12-18)19-23-24-20(27-14-4-2-3-13-22)25(19)17-9-7-16(21)8-10-17/h5-12H,2-4,14H2,1H3. The topological polar surface area (TPSA) is 63.7 Å². The molecule has 0 radical (unpaired) electrons. The van der Waals surface area contributed by atoms with Crippen LogP contribution in [0.4, 0.5) is 0 Å². The third-order valence-electron chi connectivity index (χ3n) is 3.98. The summed E-state index contributed by atoms with van der Waals surface area (Å²) >= 11 is 7.69. The fourth-order valence-electron chi connectivity index (χ4n) is 2.58. The molecule has 0 aliphatic rings. The third kappa shape index (κ3) is 4.82. The summed E-state index contributed by atoms with van der Waals surface area (Å²) in [5.74, 6) is 2.44. The van der Waals surface area contributed by atoms with E-state index in [0.717, 1.165) is 46.6 Å². The fraction of sp³-hybridized carbons (Fsp3) is 0.250. The lowest BCUT2D eigenvalue weighted by Crippen LogP contribution is -2.00. The minimum Gasteiger partial charge on any atom is -0.497 e. The number of hydrogen-bond acceptors (Lipinski definition) is 5. The maximum absolute atomic E-state index is 8.66. The van der Waals surface area contributed by atoms with E-state index in [-0.39, 0.29) is 0 Å². The predicted octanol–water partition coefficient (Wildman–Crippen LogP) is 5.38. The summed E-state index contributed by atoms with van der Waals surface area (Å²) < 4.78 is 7.27. The molecule has 0 aliphatic heterocycles. The molecule has 5 nitrogen and oxygen atoms in total. The van der Waals surface area contributed by atoms with Crippen molar-refractivity contribution >= 4 is 23.4 Å². The van der Waals surface area contributed by atoms with Crippen LogP contribution in [0.1, 0.15) is 19.3 Å². The van der Waals surface area contributed by atoms with Gasteiger partial charge in [0.1, 0.15) is 5.75 Å². The zero-order chi connectivity index (χ0) is 19.1. The molecule has 0 fully saturated rings. The van der Waals surface area contributed by atoms with Crippen molar-refractivity contribution in [3.63, 3.8) is 0 Å². The van der Waals surface area contributed by atoms with E-state index in [0.29, 0.717) is 11.4 Å². The largest absolute Gasteiger partial charge is 0.497 e. The second-order valence-electron chi connectivity index (χ2n) is 5.81. The smallest absolute Gasteiger partial charge is 0.196 e. The number of nitrogens with zero attached hydrogens (tertiary/aromatic N) is 4. The monoisotopic (exact) mass is 398 g/mol. The lowest BCUT2D eigenvalue weighted by Gasteiger charge is -2.11. The Morgan fingerprint density at radius 2 is 1.81 bits per heavy atom. The first-order chi connectivity index (χ1) is 13.2. The molecular weight excluding hydrogens is 380 g/mol. The predicted molar refractivity (Wildman–Crippen MR) is 109 cm³/mol. The normalized spacial score (nSPS) is 10.6. The number of unbranched alkanes of at least 4 members (excludes halogenated alkanes) is 2. The Bertz CT molecular complexity index is 917. The Morgan fingerprint density at radius 1 is 1.07 bits per heavy atom. The van der Waals surface area contributed by atoms with E-state index in [1.807, 2.05) is 53.1 Å². The van der Waals surface area contributed by atoms with Crippen LogP contribution in [0.5, 0.6) is 5.75 Å². The molecule has 2 aromatic carbocycles. The average molecular weight is 399 g/mol. The highest BCUT2D eigenvalue weighted by atomic mass is 35.5. The van der Waals surface area contributed by atoms with Gasteiger partial charge in [-0.05, 0) is 61.4 Å². The summed E-state index contributed by atoms with van der Waals surface area (Å²) in [6.07, 6.45) is 2.44. The van der Waals surface area contributed by atoms with Gasteiger partial charge in [-0.2, -0.15) is 5.26 Å². The van der Waals surface area contributed by atoms with Crippen molar-refractivity contribution in [3.05, 3.63) is 53.6 Å². The van der Waals surface area contributed by atoms with Gasteiger partial charge in [-0.25, -0.2) is 0 Å². The first-order valence-electron chi connectivity index (χ1n) is 8.58. The molecule has 0 N–H and O–H groups in total. The molecule has 0 atom stereocenters. The van der Waals surface area contributed by atoms with Crippen LogP contribution in [0, 0.1) is 11.3 Å². The van der Waals surface area contributed by atoms with Crippen LogP contribution < -0.4 is 4.74 Å².